The predicted molar refractivity (Wildman–Crippen MR) is 150 cm³/mol. The second-order valence-corrected chi connectivity index (χ2v) is 10.0. The molecule has 0 spiro atoms. The molecule has 3 aromatic carbocycles. The summed E-state index contributed by atoms with van der Waals surface area (Å²) in [6, 6.07) is 25.8. The molecule has 0 saturated carbocycles. The molecule has 5 rings (SSSR count). The van der Waals surface area contributed by atoms with Gasteiger partial charge in [-0.25, -0.2) is 0 Å². The average Bonchev–Trinajstić information content (AvgIpc) is 3.46. The van der Waals surface area contributed by atoms with Crippen LogP contribution in [0, 0.1) is 0 Å². The van der Waals surface area contributed by atoms with E-state index in [9.17, 15) is 4.79 Å². The lowest BCUT2D eigenvalue weighted by molar-refractivity contribution is 0.0694. The highest BCUT2D eigenvalue weighted by Gasteiger charge is 2.29. The average molecular weight is 560 g/mol. The number of hydrogen-bond acceptors (Lipinski definition) is 4. The van der Waals surface area contributed by atoms with Crippen LogP contribution in [0.5, 0.6) is 0 Å². The molecule has 1 aliphatic heterocycles. The highest BCUT2D eigenvalue weighted by Crippen LogP contribution is 2.36. The summed E-state index contributed by atoms with van der Waals surface area (Å²) >= 11 is 3.62. The molecule has 0 fully saturated rings. The fourth-order valence-electron chi connectivity index (χ4n) is 4.84. The third-order valence-corrected chi connectivity index (χ3v) is 7.12. The Kier molecular flexibility index (Phi) is 8.07. The van der Waals surface area contributed by atoms with Gasteiger partial charge in [0.05, 0.1) is 12.3 Å². The third kappa shape index (κ3) is 5.50. The smallest absolute Gasteiger partial charge is 0.259 e. The number of benzene rings is 3. The lowest BCUT2D eigenvalue weighted by Gasteiger charge is -2.27. The number of nitrogens with zero attached hydrogens (tertiary/aromatic N) is 1. The summed E-state index contributed by atoms with van der Waals surface area (Å²) in [6.07, 6.45) is 4.21. The van der Waals surface area contributed by atoms with Gasteiger partial charge in [0.25, 0.3) is 5.56 Å². The Labute approximate surface area is 225 Å². The van der Waals surface area contributed by atoms with Gasteiger partial charge in [-0.3, -0.25) is 9.36 Å². The number of fused-ring (bicyclic) bond motifs is 1. The van der Waals surface area contributed by atoms with E-state index in [4.69, 9.17) is 14.2 Å². The molecule has 6 heteroatoms. The van der Waals surface area contributed by atoms with Crippen LogP contribution in [0.2, 0.25) is 0 Å². The van der Waals surface area contributed by atoms with Crippen LogP contribution < -0.4 is 5.56 Å². The van der Waals surface area contributed by atoms with Gasteiger partial charge in [-0.15, -0.1) is 0 Å². The molecule has 0 bridgehead atoms. The maximum absolute atomic E-state index is 14.3. The lowest BCUT2D eigenvalue weighted by atomic mass is 9.95. The Morgan fingerprint density at radius 2 is 1.76 bits per heavy atom. The molecular formula is C31H30BrNO4. The van der Waals surface area contributed by atoms with Gasteiger partial charge in [0.1, 0.15) is 12.3 Å². The van der Waals surface area contributed by atoms with Crippen molar-refractivity contribution in [3.05, 3.63) is 117 Å². The molecule has 0 aliphatic carbocycles. The summed E-state index contributed by atoms with van der Waals surface area (Å²) in [5.41, 5.74) is 3.88. The molecule has 1 aromatic heterocycles. The molecule has 5 nitrogen and oxygen atoms in total. The zero-order chi connectivity index (χ0) is 25.6. The van der Waals surface area contributed by atoms with Crippen LogP contribution in [-0.2, 0) is 27.2 Å². The number of hydrogen-bond donors (Lipinski definition) is 0. The highest BCUT2D eigenvalue weighted by molar-refractivity contribution is 9.10. The Balaban J connectivity index is 1.79. The fraction of sp³-hybridized carbons (Fsp3) is 0.258. The minimum absolute atomic E-state index is 0.0754. The van der Waals surface area contributed by atoms with E-state index in [2.05, 4.69) is 47.1 Å². The van der Waals surface area contributed by atoms with Gasteiger partial charge < -0.3 is 14.2 Å². The molecule has 0 radical (unpaired) electrons. The van der Waals surface area contributed by atoms with Crippen molar-refractivity contribution in [2.75, 3.05) is 13.4 Å². The third-order valence-electron chi connectivity index (χ3n) is 6.63. The van der Waals surface area contributed by atoms with E-state index >= 15 is 0 Å². The number of unbranched alkanes of at least 4 members (excludes halogenated alkanes) is 1. The first-order valence-corrected chi connectivity index (χ1v) is 13.4. The molecule has 1 unspecified atom stereocenters. The Morgan fingerprint density at radius 3 is 2.46 bits per heavy atom. The number of pyridine rings is 1. The molecule has 4 aromatic rings. The quantitative estimate of drug-likeness (QED) is 0.190. The van der Waals surface area contributed by atoms with Crippen LogP contribution in [0.25, 0.3) is 21.9 Å². The summed E-state index contributed by atoms with van der Waals surface area (Å²) in [6.45, 7) is 3.22. The van der Waals surface area contributed by atoms with Gasteiger partial charge >= 0.3 is 0 Å². The molecule has 190 valence electrons. The van der Waals surface area contributed by atoms with Gasteiger partial charge in [0.15, 0.2) is 5.76 Å². The van der Waals surface area contributed by atoms with Crippen molar-refractivity contribution in [3.8, 4) is 11.1 Å². The Hall–Kier alpha value is -3.35. The molecule has 1 atom stereocenters. The first-order valence-electron chi connectivity index (χ1n) is 12.7. The van der Waals surface area contributed by atoms with E-state index in [-0.39, 0.29) is 12.4 Å². The zero-order valence-corrected chi connectivity index (χ0v) is 22.4. The monoisotopic (exact) mass is 559 g/mol. The van der Waals surface area contributed by atoms with Crippen LogP contribution in [0.3, 0.4) is 0 Å². The summed E-state index contributed by atoms with van der Waals surface area (Å²) in [4.78, 5) is 14.3. The molecule has 0 amide bonds. The van der Waals surface area contributed by atoms with E-state index in [1.807, 2.05) is 59.2 Å². The van der Waals surface area contributed by atoms with Crippen LogP contribution in [0.4, 0.5) is 0 Å². The largest absolute Gasteiger partial charge is 0.462 e. The molecule has 37 heavy (non-hydrogen) atoms. The molecule has 1 aliphatic rings. The van der Waals surface area contributed by atoms with E-state index < -0.39 is 6.04 Å². The number of rotatable bonds is 10. The van der Waals surface area contributed by atoms with E-state index in [0.717, 1.165) is 45.1 Å². The van der Waals surface area contributed by atoms with Crippen LogP contribution in [0.1, 0.15) is 37.1 Å². The Bertz CT molecular complexity index is 1450. The van der Waals surface area contributed by atoms with Gasteiger partial charge in [-0.1, -0.05) is 89.9 Å². The summed E-state index contributed by atoms with van der Waals surface area (Å²) in [5, 5.41) is 1.55. The fourth-order valence-corrected chi connectivity index (χ4v) is 5.20. The SMILES string of the molecule is CCCCOCc1c(-c2ccccc2)c2cc(Br)ccc2c(=O)n1C(Cc1ccccc1)C1=COCO1. The topological polar surface area (TPSA) is 49.7 Å². The van der Waals surface area contributed by atoms with Crippen LogP contribution in [0.15, 0.2) is 100 Å². The van der Waals surface area contributed by atoms with E-state index in [1.54, 1.807) is 6.26 Å². The second-order valence-electron chi connectivity index (χ2n) is 9.11. The maximum Gasteiger partial charge on any atom is 0.259 e. The summed E-state index contributed by atoms with van der Waals surface area (Å²) in [7, 11) is 0. The van der Waals surface area contributed by atoms with Crippen molar-refractivity contribution in [3.63, 3.8) is 0 Å². The summed E-state index contributed by atoms with van der Waals surface area (Å²) in [5.74, 6) is 0.635. The van der Waals surface area contributed by atoms with Crippen molar-refractivity contribution < 1.29 is 14.2 Å². The van der Waals surface area contributed by atoms with E-state index in [0.29, 0.717) is 30.8 Å². The molecule has 0 saturated heterocycles. The standard InChI is InChI=1S/C31H30BrNO4/c1-2-3-16-35-19-28-30(23-12-8-5-9-13-23)26-18-24(32)14-15-25(26)31(34)33(28)27(29-20-36-21-37-29)17-22-10-6-4-7-11-22/h4-15,18,20,27H,2-3,16-17,19,21H2,1H3. The number of aromatic nitrogens is 1. The molecule has 0 N–H and O–H groups in total. The maximum atomic E-state index is 14.3. The molecular weight excluding hydrogens is 530 g/mol. The van der Waals surface area contributed by atoms with Crippen LogP contribution >= 0.6 is 15.9 Å². The van der Waals surface area contributed by atoms with Crippen molar-refractivity contribution in [2.45, 2.75) is 38.8 Å². The minimum atomic E-state index is -0.391. The first-order chi connectivity index (χ1) is 18.2. The van der Waals surface area contributed by atoms with Crippen molar-refractivity contribution in [1.29, 1.82) is 0 Å². The number of halogens is 1. The predicted octanol–water partition coefficient (Wildman–Crippen LogP) is 7.38. The minimum Gasteiger partial charge on any atom is -0.462 e. The van der Waals surface area contributed by atoms with Crippen molar-refractivity contribution in [1.82, 2.24) is 4.57 Å². The second kappa shape index (κ2) is 11.8. The van der Waals surface area contributed by atoms with Crippen molar-refractivity contribution in [2.24, 2.45) is 0 Å². The first kappa shape index (κ1) is 25.3. The van der Waals surface area contributed by atoms with Gasteiger partial charge in [0.2, 0.25) is 6.79 Å². The van der Waals surface area contributed by atoms with Crippen LogP contribution in [-0.4, -0.2) is 18.0 Å². The van der Waals surface area contributed by atoms with Gasteiger partial charge in [-0.05, 0) is 41.1 Å². The van der Waals surface area contributed by atoms with E-state index in [1.165, 1.54) is 0 Å². The number of allylic oxidation sites excluding steroid dienone is 1. The Morgan fingerprint density at radius 1 is 1.00 bits per heavy atom. The molecule has 2 heterocycles. The zero-order valence-electron chi connectivity index (χ0n) is 20.9. The van der Waals surface area contributed by atoms with Gasteiger partial charge in [0, 0.05) is 28.5 Å². The number of ether oxygens (including phenoxy) is 3. The lowest BCUT2D eigenvalue weighted by Crippen LogP contribution is -2.32. The van der Waals surface area contributed by atoms with Crippen molar-refractivity contribution >= 4 is 26.7 Å². The van der Waals surface area contributed by atoms with Gasteiger partial charge in [-0.2, -0.15) is 0 Å². The highest BCUT2D eigenvalue weighted by atomic mass is 79.9. The normalized spacial score (nSPS) is 13.7. The summed E-state index contributed by atoms with van der Waals surface area (Å²) < 4.78 is 20.4.